The molecule has 188 valence electrons. The third-order valence-electron chi connectivity index (χ3n) is 5.25. The number of nitrogens with one attached hydrogen (secondary N) is 1. The summed E-state index contributed by atoms with van der Waals surface area (Å²) >= 11 is 0. The summed E-state index contributed by atoms with van der Waals surface area (Å²) < 4.78 is 76.3. The lowest BCUT2D eigenvalue weighted by atomic mass is 10.1. The zero-order valence-corrected chi connectivity index (χ0v) is 19.6. The van der Waals surface area contributed by atoms with Crippen molar-refractivity contribution < 1.29 is 26.3 Å². The minimum Gasteiger partial charge on any atom is -0.385 e. The summed E-state index contributed by atoms with van der Waals surface area (Å²) in [5, 5.41) is 20.3. The molecule has 0 saturated heterocycles. The summed E-state index contributed by atoms with van der Waals surface area (Å²) in [5.41, 5.74) is -1.55. The molecule has 4 nitrogen and oxygen atoms in total. The van der Waals surface area contributed by atoms with E-state index >= 15 is 0 Å². The van der Waals surface area contributed by atoms with Gasteiger partial charge in [0.1, 0.15) is 0 Å². The second kappa shape index (κ2) is 11.4. The Balaban J connectivity index is 0.000000247. The minimum absolute atomic E-state index is 0.338. The minimum atomic E-state index is -4.50. The highest BCUT2D eigenvalue weighted by Gasteiger charge is 2.35. The van der Waals surface area contributed by atoms with Crippen LogP contribution in [0.4, 0.5) is 37.7 Å². The fourth-order valence-electron chi connectivity index (χ4n) is 3.33. The first kappa shape index (κ1) is 27.8. The fourth-order valence-corrected chi connectivity index (χ4v) is 3.33. The molecule has 0 amide bonds. The lowest BCUT2D eigenvalue weighted by Crippen LogP contribution is -2.23. The first-order chi connectivity index (χ1) is 16.3. The monoisotopic (exact) mass is 496 g/mol. The highest BCUT2D eigenvalue weighted by atomic mass is 19.4. The van der Waals surface area contributed by atoms with E-state index in [0.29, 0.717) is 36.3 Å². The predicted octanol–water partition coefficient (Wildman–Crippen LogP) is 7.07. The zero-order chi connectivity index (χ0) is 26.4. The number of hydrogen-bond acceptors (Lipinski definition) is 4. The molecule has 0 unspecified atom stereocenters. The van der Waals surface area contributed by atoms with Crippen LogP contribution in [0.3, 0.4) is 0 Å². The third kappa shape index (κ3) is 8.40. The van der Waals surface area contributed by atoms with Gasteiger partial charge in [-0.3, -0.25) is 0 Å². The highest BCUT2D eigenvalue weighted by molar-refractivity contribution is 5.55. The van der Waals surface area contributed by atoms with E-state index in [9.17, 15) is 26.3 Å². The number of anilines is 2. The van der Waals surface area contributed by atoms with Gasteiger partial charge in [-0.15, -0.1) is 0 Å². The molecular weight excluding hydrogens is 470 g/mol. The molecule has 10 heteroatoms. The summed E-state index contributed by atoms with van der Waals surface area (Å²) in [6.07, 6.45) is -6.72. The Morgan fingerprint density at radius 1 is 0.914 bits per heavy atom. The van der Waals surface area contributed by atoms with Gasteiger partial charge in [-0.1, -0.05) is 13.8 Å². The molecule has 1 aliphatic rings. The van der Waals surface area contributed by atoms with E-state index in [1.165, 1.54) is 24.3 Å². The summed E-state index contributed by atoms with van der Waals surface area (Å²) in [4.78, 5) is 1.75. The molecule has 0 atom stereocenters. The van der Waals surface area contributed by atoms with Crippen molar-refractivity contribution in [3.8, 4) is 12.1 Å². The lowest BCUT2D eigenvalue weighted by Gasteiger charge is -2.22. The van der Waals surface area contributed by atoms with Crippen LogP contribution in [0.2, 0.25) is 0 Å². The van der Waals surface area contributed by atoms with Crippen LogP contribution in [0.25, 0.3) is 0 Å². The van der Waals surface area contributed by atoms with E-state index in [0.717, 1.165) is 25.0 Å². The normalized spacial score (nSPS) is 13.4. The van der Waals surface area contributed by atoms with Crippen LogP contribution < -0.4 is 10.2 Å². The maximum absolute atomic E-state index is 12.8. The molecule has 0 spiro atoms. The average molecular weight is 496 g/mol. The quantitative estimate of drug-likeness (QED) is 0.435. The zero-order valence-electron chi connectivity index (χ0n) is 19.6. The fraction of sp³-hybridized carbons (Fsp3) is 0.440. The number of nitriles is 2. The van der Waals surface area contributed by atoms with Crippen LogP contribution in [0.1, 0.15) is 48.9 Å². The van der Waals surface area contributed by atoms with Crippen LogP contribution in [-0.2, 0) is 12.4 Å². The van der Waals surface area contributed by atoms with Crippen molar-refractivity contribution in [1.82, 2.24) is 0 Å². The van der Waals surface area contributed by atoms with Gasteiger partial charge in [0.15, 0.2) is 0 Å². The Hall–Kier alpha value is -3.40. The van der Waals surface area contributed by atoms with E-state index in [1.54, 1.807) is 24.1 Å². The number of halogens is 6. The lowest BCUT2D eigenvalue weighted by molar-refractivity contribution is -0.138. The molecular formula is C25H26F6N4. The van der Waals surface area contributed by atoms with Gasteiger partial charge >= 0.3 is 12.4 Å². The Morgan fingerprint density at radius 3 is 1.89 bits per heavy atom. The van der Waals surface area contributed by atoms with Gasteiger partial charge in [0, 0.05) is 31.5 Å². The SMILES string of the molecule is CC(C)CN(C)c1ccc(C#N)c(C(F)(F)F)c1.N#Cc1ccc(NCC2CC2)cc1C(F)(F)F. The number of rotatable bonds is 6. The van der Waals surface area contributed by atoms with Gasteiger partial charge in [0.2, 0.25) is 0 Å². The van der Waals surface area contributed by atoms with Crippen LogP contribution in [-0.4, -0.2) is 20.1 Å². The molecule has 1 aliphatic carbocycles. The standard InChI is InChI=1S/C13H15F3N2.C12H11F3N2/c1-9(2)8-18(3)11-5-4-10(7-17)12(6-11)13(14,15)16;13-12(14,15)11-5-10(4-3-9(11)6-16)17-7-8-1-2-8/h4-6,9H,8H2,1-3H3;3-5,8,17H,1-2,7H2. The Morgan fingerprint density at radius 2 is 1.43 bits per heavy atom. The first-order valence-corrected chi connectivity index (χ1v) is 10.9. The largest absolute Gasteiger partial charge is 0.417 e. The van der Waals surface area contributed by atoms with Crippen molar-refractivity contribution in [3.05, 3.63) is 58.7 Å². The Kier molecular flexibility index (Phi) is 9.03. The maximum Gasteiger partial charge on any atom is 0.417 e. The second-order valence-corrected chi connectivity index (χ2v) is 8.81. The smallest absolute Gasteiger partial charge is 0.385 e. The van der Waals surface area contributed by atoms with Crippen molar-refractivity contribution in [3.63, 3.8) is 0 Å². The summed E-state index contributed by atoms with van der Waals surface area (Å²) in [6.45, 7) is 5.34. The van der Waals surface area contributed by atoms with E-state index in [2.05, 4.69) is 5.32 Å². The number of benzene rings is 2. The van der Waals surface area contributed by atoms with Gasteiger partial charge in [-0.25, -0.2) is 0 Å². The molecule has 0 heterocycles. The van der Waals surface area contributed by atoms with Crippen LogP contribution in [0.5, 0.6) is 0 Å². The Labute approximate surface area is 200 Å². The molecule has 1 N–H and O–H groups in total. The van der Waals surface area contributed by atoms with E-state index < -0.39 is 23.5 Å². The van der Waals surface area contributed by atoms with Gasteiger partial charge in [0.05, 0.1) is 34.4 Å². The molecule has 0 aromatic heterocycles. The first-order valence-electron chi connectivity index (χ1n) is 10.9. The van der Waals surface area contributed by atoms with Crippen LogP contribution >= 0.6 is 0 Å². The molecule has 2 aromatic carbocycles. The topological polar surface area (TPSA) is 62.9 Å². The van der Waals surface area contributed by atoms with Crippen molar-refractivity contribution >= 4 is 11.4 Å². The molecule has 0 bridgehead atoms. The van der Waals surface area contributed by atoms with Gasteiger partial charge in [-0.2, -0.15) is 36.9 Å². The molecule has 0 aliphatic heterocycles. The van der Waals surface area contributed by atoms with Gasteiger partial charge < -0.3 is 10.2 Å². The van der Waals surface area contributed by atoms with E-state index in [-0.39, 0.29) is 11.1 Å². The Bertz CT molecular complexity index is 1090. The van der Waals surface area contributed by atoms with Crippen molar-refractivity contribution in [2.75, 3.05) is 30.4 Å². The van der Waals surface area contributed by atoms with Crippen molar-refractivity contribution in [2.24, 2.45) is 11.8 Å². The average Bonchev–Trinajstić information content (AvgIpc) is 3.60. The van der Waals surface area contributed by atoms with Crippen molar-refractivity contribution in [2.45, 2.75) is 39.0 Å². The molecule has 0 radical (unpaired) electrons. The maximum atomic E-state index is 12.8. The summed E-state index contributed by atoms with van der Waals surface area (Å²) in [6, 6.07) is 10.6. The molecule has 35 heavy (non-hydrogen) atoms. The number of hydrogen-bond donors (Lipinski definition) is 1. The van der Waals surface area contributed by atoms with Gasteiger partial charge in [0.25, 0.3) is 0 Å². The number of nitrogens with zero attached hydrogens (tertiary/aromatic N) is 3. The molecule has 2 aromatic rings. The predicted molar refractivity (Wildman–Crippen MR) is 122 cm³/mol. The highest BCUT2D eigenvalue weighted by Crippen LogP contribution is 2.35. The third-order valence-corrected chi connectivity index (χ3v) is 5.25. The number of alkyl halides is 6. The second-order valence-electron chi connectivity index (χ2n) is 8.81. The van der Waals surface area contributed by atoms with E-state index in [1.807, 2.05) is 13.8 Å². The molecule has 1 fully saturated rings. The summed E-state index contributed by atoms with van der Waals surface area (Å²) in [5.74, 6) is 0.931. The van der Waals surface area contributed by atoms with E-state index in [4.69, 9.17) is 10.5 Å². The van der Waals surface area contributed by atoms with Crippen LogP contribution in [0.15, 0.2) is 36.4 Å². The van der Waals surface area contributed by atoms with Gasteiger partial charge in [-0.05, 0) is 61.1 Å². The molecule has 3 rings (SSSR count). The van der Waals surface area contributed by atoms with Crippen molar-refractivity contribution in [1.29, 1.82) is 10.5 Å². The molecule has 1 saturated carbocycles. The van der Waals surface area contributed by atoms with Crippen LogP contribution in [0, 0.1) is 34.5 Å². The summed E-state index contributed by atoms with van der Waals surface area (Å²) in [7, 11) is 1.74.